The predicted molar refractivity (Wildman–Crippen MR) is 78.1 cm³/mol. The third kappa shape index (κ3) is 3.45. The summed E-state index contributed by atoms with van der Waals surface area (Å²) in [5.74, 6) is 0. The Kier molecular flexibility index (Phi) is 5.16. The van der Waals surface area contributed by atoms with Crippen molar-refractivity contribution in [3.8, 4) is 0 Å². The molecule has 1 saturated heterocycles. The van der Waals surface area contributed by atoms with Crippen molar-refractivity contribution in [2.24, 2.45) is 5.73 Å². The predicted octanol–water partition coefficient (Wildman–Crippen LogP) is 2.23. The van der Waals surface area contributed by atoms with Gasteiger partial charge in [-0.25, -0.2) is 0 Å². The Labute approximate surface area is 115 Å². The van der Waals surface area contributed by atoms with Crippen LogP contribution in [0.5, 0.6) is 0 Å². The van der Waals surface area contributed by atoms with E-state index in [0.717, 1.165) is 30.8 Å². The van der Waals surface area contributed by atoms with Gasteiger partial charge in [0, 0.05) is 12.6 Å². The molecule has 4 heteroatoms. The summed E-state index contributed by atoms with van der Waals surface area (Å²) in [6.07, 6.45) is 7.50. The van der Waals surface area contributed by atoms with Gasteiger partial charge in [0.25, 0.3) is 0 Å². The Hall–Kier alpha value is -1.13. The molecule has 3 N–H and O–H groups in total. The molecule has 0 amide bonds. The molecular formula is C15H25N3O. The van der Waals surface area contributed by atoms with E-state index in [2.05, 4.69) is 22.9 Å². The summed E-state index contributed by atoms with van der Waals surface area (Å²) in [4.78, 5) is 6.77. The van der Waals surface area contributed by atoms with Crippen LogP contribution in [0.3, 0.4) is 0 Å². The van der Waals surface area contributed by atoms with E-state index in [9.17, 15) is 5.11 Å². The van der Waals surface area contributed by atoms with Crippen LogP contribution in [-0.2, 0) is 0 Å². The van der Waals surface area contributed by atoms with Crippen LogP contribution in [0, 0.1) is 0 Å². The van der Waals surface area contributed by atoms with Crippen LogP contribution in [0.2, 0.25) is 0 Å². The van der Waals surface area contributed by atoms with Gasteiger partial charge in [0.05, 0.1) is 30.2 Å². The van der Waals surface area contributed by atoms with E-state index >= 15 is 0 Å². The molecule has 1 fully saturated rings. The smallest absolute Gasteiger partial charge is 0.0635 e. The van der Waals surface area contributed by atoms with Crippen molar-refractivity contribution in [1.29, 1.82) is 0 Å². The second-order valence-electron chi connectivity index (χ2n) is 5.34. The normalized spacial score (nSPS) is 22.1. The first kappa shape index (κ1) is 14.3. The van der Waals surface area contributed by atoms with E-state index in [1.165, 1.54) is 19.3 Å². The minimum atomic E-state index is 0.0202. The zero-order valence-corrected chi connectivity index (χ0v) is 11.8. The monoisotopic (exact) mass is 263 g/mol. The quantitative estimate of drug-likeness (QED) is 0.874. The average molecular weight is 263 g/mol. The molecule has 2 heterocycles. The second-order valence-corrected chi connectivity index (χ2v) is 5.34. The Bertz CT molecular complexity index is 379. The lowest BCUT2D eigenvalue weighted by atomic mass is 10.1. The third-order valence-electron chi connectivity index (χ3n) is 4.01. The second kappa shape index (κ2) is 6.87. The fourth-order valence-electron chi connectivity index (χ4n) is 2.70. The van der Waals surface area contributed by atoms with Gasteiger partial charge < -0.3 is 15.7 Å². The lowest BCUT2D eigenvalue weighted by Gasteiger charge is -2.30. The first-order chi connectivity index (χ1) is 9.26. The lowest BCUT2D eigenvalue weighted by molar-refractivity contribution is 0.255. The minimum absolute atomic E-state index is 0.0202. The molecule has 1 unspecified atom stereocenters. The van der Waals surface area contributed by atoms with Crippen molar-refractivity contribution < 1.29 is 5.11 Å². The molecule has 0 spiro atoms. The van der Waals surface area contributed by atoms with Crippen molar-refractivity contribution in [3.63, 3.8) is 0 Å². The summed E-state index contributed by atoms with van der Waals surface area (Å²) >= 11 is 0. The van der Waals surface area contributed by atoms with E-state index in [-0.39, 0.29) is 18.7 Å². The maximum absolute atomic E-state index is 9.55. The number of anilines is 1. The zero-order chi connectivity index (χ0) is 13.7. The maximum atomic E-state index is 9.55. The number of rotatable bonds is 4. The number of nitrogens with two attached hydrogens (primary N) is 1. The van der Waals surface area contributed by atoms with Crippen LogP contribution in [0.1, 0.15) is 50.8 Å². The Morgan fingerprint density at radius 3 is 2.89 bits per heavy atom. The molecule has 0 radical (unpaired) electrons. The molecule has 4 nitrogen and oxygen atoms in total. The van der Waals surface area contributed by atoms with E-state index in [4.69, 9.17) is 5.73 Å². The van der Waals surface area contributed by atoms with Gasteiger partial charge in [-0.1, -0.05) is 19.8 Å². The summed E-state index contributed by atoms with van der Waals surface area (Å²) in [7, 11) is 0. The van der Waals surface area contributed by atoms with Gasteiger partial charge in [-0.3, -0.25) is 4.98 Å². The molecule has 1 aromatic rings. The highest BCUT2D eigenvalue weighted by Crippen LogP contribution is 2.24. The van der Waals surface area contributed by atoms with Crippen molar-refractivity contribution in [3.05, 3.63) is 24.0 Å². The molecule has 2 rings (SSSR count). The van der Waals surface area contributed by atoms with Gasteiger partial charge in [-0.15, -0.1) is 0 Å². The molecule has 19 heavy (non-hydrogen) atoms. The number of aliphatic hydroxyl groups excluding tert-OH is 1. The molecule has 0 aliphatic carbocycles. The number of hydrogen-bond donors (Lipinski definition) is 2. The van der Waals surface area contributed by atoms with Gasteiger partial charge in [-0.05, 0) is 31.4 Å². The number of aliphatic hydroxyl groups is 1. The lowest BCUT2D eigenvalue weighted by Crippen LogP contribution is -2.37. The Morgan fingerprint density at radius 2 is 2.26 bits per heavy atom. The van der Waals surface area contributed by atoms with Crippen LogP contribution in [-0.4, -0.2) is 29.3 Å². The van der Waals surface area contributed by atoms with Gasteiger partial charge in [0.15, 0.2) is 0 Å². The van der Waals surface area contributed by atoms with Gasteiger partial charge >= 0.3 is 0 Å². The summed E-state index contributed by atoms with van der Waals surface area (Å²) in [6.45, 7) is 3.29. The summed E-state index contributed by atoms with van der Waals surface area (Å²) in [5.41, 5.74) is 8.04. The largest absolute Gasteiger partial charge is 0.394 e. The molecule has 106 valence electrons. The van der Waals surface area contributed by atoms with Crippen LogP contribution < -0.4 is 10.6 Å². The maximum Gasteiger partial charge on any atom is 0.0635 e. The highest BCUT2D eigenvalue weighted by Gasteiger charge is 2.20. The summed E-state index contributed by atoms with van der Waals surface area (Å²) in [5, 5.41) is 9.55. The summed E-state index contributed by atoms with van der Waals surface area (Å²) in [6, 6.07) is 4.36. The highest BCUT2D eigenvalue weighted by atomic mass is 16.3. The fourth-order valence-corrected chi connectivity index (χ4v) is 2.70. The molecule has 0 saturated carbocycles. The number of hydrogen-bond acceptors (Lipinski definition) is 4. The zero-order valence-electron chi connectivity index (χ0n) is 11.8. The minimum Gasteiger partial charge on any atom is -0.394 e. The Balaban J connectivity index is 2.14. The first-order valence-electron chi connectivity index (χ1n) is 7.35. The number of nitrogens with zero attached hydrogens (tertiary/aromatic N) is 2. The van der Waals surface area contributed by atoms with Gasteiger partial charge in [-0.2, -0.15) is 0 Å². The first-order valence-corrected chi connectivity index (χ1v) is 7.35. The molecular weight excluding hydrogens is 238 g/mol. The van der Waals surface area contributed by atoms with E-state index in [1.54, 1.807) is 0 Å². The van der Waals surface area contributed by atoms with Crippen LogP contribution in [0.25, 0.3) is 0 Å². The molecule has 1 aromatic heterocycles. The van der Waals surface area contributed by atoms with Crippen molar-refractivity contribution >= 4 is 5.69 Å². The van der Waals surface area contributed by atoms with Crippen molar-refractivity contribution in [2.45, 2.75) is 51.1 Å². The molecule has 0 bridgehead atoms. The van der Waals surface area contributed by atoms with Crippen LogP contribution in [0.15, 0.2) is 18.3 Å². The number of pyridine rings is 1. The highest BCUT2D eigenvalue weighted by molar-refractivity contribution is 5.46. The topological polar surface area (TPSA) is 62.4 Å². The molecule has 2 atom stereocenters. The summed E-state index contributed by atoms with van der Waals surface area (Å²) < 4.78 is 0. The van der Waals surface area contributed by atoms with Crippen molar-refractivity contribution in [2.75, 3.05) is 18.1 Å². The third-order valence-corrected chi connectivity index (χ3v) is 4.01. The van der Waals surface area contributed by atoms with Crippen LogP contribution >= 0.6 is 0 Å². The standard InChI is InChI=1S/C15H25N3O/c1-2-14(16)15-8-7-12(10-17-15)18-9-5-3-4-6-13(18)11-19/h7-8,10,13-14,19H,2-6,9,11,16H2,1H3/t13?,14-/m0/s1. The molecule has 1 aliphatic heterocycles. The Morgan fingerprint density at radius 1 is 1.42 bits per heavy atom. The van der Waals surface area contributed by atoms with Gasteiger partial charge in [0.2, 0.25) is 0 Å². The molecule has 1 aliphatic rings. The fraction of sp³-hybridized carbons (Fsp3) is 0.667. The van der Waals surface area contributed by atoms with Crippen molar-refractivity contribution in [1.82, 2.24) is 4.98 Å². The van der Waals surface area contributed by atoms with E-state index < -0.39 is 0 Å². The van der Waals surface area contributed by atoms with Crippen LogP contribution in [0.4, 0.5) is 5.69 Å². The van der Waals surface area contributed by atoms with E-state index in [0.29, 0.717) is 0 Å². The average Bonchev–Trinajstić information content (AvgIpc) is 2.71. The SMILES string of the molecule is CC[C@H](N)c1ccc(N2CCCCCC2CO)cn1. The van der Waals surface area contributed by atoms with Gasteiger partial charge in [0.1, 0.15) is 0 Å². The number of aromatic nitrogens is 1. The molecule has 0 aromatic carbocycles. The van der Waals surface area contributed by atoms with E-state index in [1.807, 2.05) is 12.3 Å².